The Balaban J connectivity index is 1.24. The number of anilines is 1. The normalized spacial score (nSPS) is 13.0. The zero-order valence-electron chi connectivity index (χ0n) is 23.9. The summed E-state index contributed by atoms with van der Waals surface area (Å²) in [6.45, 7) is 0.714. The first kappa shape index (κ1) is 28.6. The summed E-state index contributed by atoms with van der Waals surface area (Å²) in [6.07, 6.45) is 7.65. The maximum atomic E-state index is 13.8. The van der Waals surface area contributed by atoms with Crippen LogP contribution in [0, 0.1) is 17.1 Å². The molecule has 9 heteroatoms. The maximum Gasteiger partial charge on any atom is 0.287 e. The molecule has 2 amide bonds. The number of furan rings is 1. The van der Waals surface area contributed by atoms with E-state index in [9.17, 15) is 14.0 Å². The van der Waals surface area contributed by atoms with E-state index < -0.39 is 5.82 Å². The highest BCUT2D eigenvalue weighted by Crippen LogP contribution is 2.28. The van der Waals surface area contributed by atoms with E-state index in [1.807, 2.05) is 41.0 Å². The topological polar surface area (TPSA) is 104 Å². The van der Waals surface area contributed by atoms with Crippen molar-refractivity contribution in [3.05, 3.63) is 131 Å². The molecular formula is C35H30FN5O3. The van der Waals surface area contributed by atoms with Crippen molar-refractivity contribution in [2.24, 2.45) is 0 Å². The van der Waals surface area contributed by atoms with Crippen molar-refractivity contribution in [3.8, 4) is 17.4 Å². The lowest BCUT2D eigenvalue weighted by molar-refractivity contribution is 0.0910. The number of rotatable bonds is 9. The first-order chi connectivity index (χ1) is 21.5. The fraction of sp³-hybridized carbons (Fsp3) is 0.200. The van der Waals surface area contributed by atoms with Crippen LogP contribution in [-0.4, -0.2) is 27.4 Å². The van der Waals surface area contributed by atoms with Gasteiger partial charge in [-0.1, -0.05) is 25.0 Å². The Morgan fingerprint density at radius 1 is 0.977 bits per heavy atom. The Kier molecular flexibility index (Phi) is 8.32. The predicted octanol–water partition coefficient (Wildman–Crippen LogP) is 6.72. The molecule has 0 spiro atoms. The molecule has 220 valence electrons. The van der Waals surface area contributed by atoms with Crippen LogP contribution in [-0.2, 0) is 13.1 Å². The molecule has 0 saturated heterocycles. The molecule has 3 aromatic carbocycles. The van der Waals surface area contributed by atoms with Crippen LogP contribution in [0.5, 0.6) is 0 Å². The summed E-state index contributed by atoms with van der Waals surface area (Å²) in [6, 6.07) is 25.8. The van der Waals surface area contributed by atoms with Gasteiger partial charge in [-0.3, -0.25) is 9.59 Å². The predicted molar refractivity (Wildman–Crippen MR) is 163 cm³/mol. The molecule has 2 aromatic heterocycles. The number of hydrogen-bond acceptors (Lipinski definition) is 5. The molecule has 0 atom stereocenters. The van der Waals surface area contributed by atoms with Crippen LogP contribution in [0.3, 0.4) is 0 Å². The van der Waals surface area contributed by atoms with Gasteiger partial charge in [0.25, 0.3) is 11.8 Å². The largest absolute Gasteiger partial charge is 0.451 e. The Morgan fingerprint density at radius 2 is 1.70 bits per heavy atom. The van der Waals surface area contributed by atoms with Crippen LogP contribution < -0.4 is 10.2 Å². The summed E-state index contributed by atoms with van der Waals surface area (Å²) in [4.78, 5) is 32.4. The van der Waals surface area contributed by atoms with Crippen molar-refractivity contribution in [1.29, 1.82) is 5.26 Å². The van der Waals surface area contributed by atoms with Gasteiger partial charge in [-0.15, -0.1) is 0 Å². The molecule has 0 unspecified atom stereocenters. The summed E-state index contributed by atoms with van der Waals surface area (Å²) in [5, 5.41) is 12.1. The lowest BCUT2D eigenvalue weighted by Crippen LogP contribution is -2.32. The van der Waals surface area contributed by atoms with E-state index in [1.165, 1.54) is 24.3 Å². The summed E-state index contributed by atoms with van der Waals surface area (Å²) in [5.74, 6) is -0.126. The zero-order valence-corrected chi connectivity index (χ0v) is 23.9. The quantitative estimate of drug-likeness (QED) is 0.206. The van der Waals surface area contributed by atoms with E-state index >= 15 is 0 Å². The molecule has 8 nitrogen and oxygen atoms in total. The van der Waals surface area contributed by atoms with Gasteiger partial charge in [-0.05, 0) is 91.2 Å². The SMILES string of the molecule is N#Cc1ccc(Cn2cncc2CN(C(=O)c2ccc(F)cc2)c2ccc(-c3ccc(C(=O)NC4CCCC4)o3)cc2)cc1. The van der Waals surface area contributed by atoms with Gasteiger partial charge in [0.05, 0.1) is 30.2 Å². The highest BCUT2D eigenvalue weighted by molar-refractivity contribution is 6.06. The van der Waals surface area contributed by atoms with Gasteiger partial charge in [0.2, 0.25) is 0 Å². The number of amides is 2. The van der Waals surface area contributed by atoms with Crippen LogP contribution in [0.25, 0.3) is 11.3 Å². The number of imidazole rings is 1. The number of nitrogens with zero attached hydrogens (tertiary/aromatic N) is 4. The average molecular weight is 588 g/mol. The van der Waals surface area contributed by atoms with Crippen molar-refractivity contribution >= 4 is 17.5 Å². The molecule has 1 aliphatic carbocycles. The van der Waals surface area contributed by atoms with E-state index in [-0.39, 0.29) is 30.2 Å². The fourth-order valence-corrected chi connectivity index (χ4v) is 5.44. The summed E-state index contributed by atoms with van der Waals surface area (Å²) in [5.41, 5.74) is 4.08. The molecular weight excluding hydrogens is 557 g/mol. The van der Waals surface area contributed by atoms with Crippen LogP contribution in [0.1, 0.15) is 63.4 Å². The minimum atomic E-state index is -0.423. The van der Waals surface area contributed by atoms with Crippen molar-refractivity contribution in [2.75, 3.05) is 4.90 Å². The van der Waals surface area contributed by atoms with Crippen LogP contribution in [0.2, 0.25) is 0 Å². The summed E-state index contributed by atoms with van der Waals surface area (Å²) < 4.78 is 21.5. The zero-order chi connectivity index (χ0) is 30.5. The minimum absolute atomic E-state index is 0.195. The number of aromatic nitrogens is 2. The van der Waals surface area contributed by atoms with E-state index in [4.69, 9.17) is 9.68 Å². The van der Waals surface area contributed by atoms with E-state index in [1.54, 1.807) is 41.7 Å². The second kappa shape index (κ2) is 12.8. The summed E-state index contributed by atoms with van der Waals surface area (Å²) in [7, 11) is 0. The number of halogens is 1. The molecule has 0 aliphatic heterocycles. The molecule has 1 N–H and O–H groups in total. The number of nitriles is 1. The number of carbonyl (C=O) groups is 2. The number of benzene rings is 3. The fourth-order valence-electron chi connectivity index (χ4n) is 5.44. The molecule has 6 rings (SSSR count). The Morgan fingerprint density at radius 3 is 2.41 bits per heavy atom. The maximum absolute atomic E-state index is 13.8. The Bertz CT molecular complexity index is 1790. The molecule has 0 bridgehead atoms. The monoisotopic (exact) mass is 587 g/mol. The van der Waals surface area contributed by atoms with Crippen molar-refractivity contribution in [3.63, 3.8) is 0 Å². The van der Waals surface area contributed by atoms with Crippen LogP contribution in [0.4, 0.5) is 10.1 Å². The second-order valence-corrected chi connectivity index (χ2v) is 10.9. The van der Waals surface area contributed by atoms with Gasteiger partial charge in [0, 0.05) is 35.6 Å². The highest BCUT2D eigenvalue weighted by Gasteiger charge is 2.22. The van der Waals surface area contributed by atoms with Crippen LogP contribution in [0.15, 0.2) is 102 Å². The number of carbonyl (C=O) groups excluding carboxylic acids is 2. The third-order valence-corrected chi connectivity index (χ3v) is 7.87. The third-order valence-electron chi connectivity index (χ3n) is 7.87. The van der Waals surface area contributed by atoms with Gasteiger partial charge in [-0.25, -0.2) is 9.37 Å². The smallest absolute Gasteiger partial charge is 0.287 e. The molecule has 0 radical (unpaired) electrons. The van der Waals surface area contributed by atoms with Gasteiger partial charge >= 0.3 is 0 Å². The Labute approximate surface area is 254 Å². The lowest BCUT2D eigenvalue weighted by atomic mass is 10.1. The van der Waals surface area contributed by atoms with Gasteiger partial charge in [0.15, 0.2) is 5.76 Å². The highest BCUT2D eigenvalue weighted by atomic mass is 19.1. The van der Waals surface area contributed by atoms with Crippen molar-refractivity contribution in [2.45, 2.75) is 44.8 Å². The third kappa shape index (κ3) is 6.45. The number of nitrogens with one attached hydrogen (secondary N) is 1. The first-order valence-electron chi connectivity index (χ1n) is 14.5. The van der Waals surface area contributed by atoms with E-state index in [0.29, 0.717) is 29.1 Å². The molecule has 1 fully saturated rings. The first-order valence-corrected chi connectivity index (χ1v) is 14.5. The van der Waals surface area contributed by atoms with Gasteiger partial charge < -0.3 is 19.2 Å². The van der Waals surface area contributed by atoms with Crippen molar-refractivity contribution in [1.82, 2.24) is 14.9 Å². The van der Waals surface area contributed by atoms with Crippen molar-refractivity contribution < 1.29 is 18.4 Å². The lowest BCUT2D eigenvalue weighted by Gasteiger charge is -2.24. The minimum Gasteiger partial charge on any atom is -0.451 e. The van der Waals surface area contributed by atoms with Gasteiger partial charge in [0.1, 0.15) is 11.6 Å². The molecule has 2 heterocycles. The van der Waals surface area contributed by atoms with Crippen LogP contribution >= 0.6 is 0 Å². The molecule has 5 aromatic rings. The molecule has 44 heavy (non-hydrogen) atoms. The van der Waals surface area contributed by atoms with E-state index in [2.05, 4.69) is 16.4 Å². The number of hydrogen-bond donors (Lipinski definition) is 1. The van der Waals surface area contributed by atoms with Gasteiger partial charge in [-0.2, -0.15) is 5.26 Å². The molecule has 1 aliphatic rings. The average Bonchev–Trinajstić information content (AvgIpc) is 3.84. The summed E-state index contributed by atoms with van der Waals surface area (Å²) >= 11 is 0. The molecule has 1 saturated carbocycles. The Hall–Kier alpha value is -5.49. The second-order valence-electron chi connectivity index (χ2n) is 10.9. The standard InChI is InChI=1S/C35H30FN5O3/c36-28-13-9-27(10-14-28)35(43)41(22-31-20-38-23-40(31)21-25-7-5-24(19-37)6-8-25)30-15-11-26(12-16-30)32-17-18-33(44-32)34(42)39-29-3-1-2-4-29/h5-18,20,23,29H,1-4,21-22H2,(H,39,42). The van der Waals surface area contributed by atoms with E-state index in [0.717, 1.165) is 42.5 Å².